The Labute approximate surface area is 116 Å². The van der Waals surface area contributed by atoms with Gasteiger partial charge in [-0.25, -0.2) is 0 Å². The maximum absolute atomic E-state index is 5.89. The number of benzene rings is 1. The van der Waals surface area contributed by atoms with Gasteiger partial charge in [0, 0.05) is 19.3 Å². The summed E-state index contributed by atoms with van der Waals surface area (Å²) in [5.41, 5.74) is 0.793. The van der Waals surface area contributed by atoms with E-state index in [1.807, 2.05) is 13.0 Å². The van der Waals surface area contributed by atoms with E-state index in [4.69, 9.17) is 40.2 Å². The van der Waals surface area contributed by atoms with E-state index < -0.39 is 0 Å². The number of nitrogens with one attached hydrogen (secondary N) is 2. The third-order valence-electron chi connectivity index (χ3n) is 2.13. The fourth-order valence-electron chi connectivity index (χ4n) is 1.07. The van der Waals surface area contributed by atoms with Gasteiger partial charge in [-0.1, -0.05) is 23.2 Å². The van der Waals surface area contributed by atoms with Crippen molar-refractivity contribution in [1.29, 1.82) is 0 Å². The Morgan fingerprint density at radius 2 is 2.12 bits per heavy atom. The standard InChI is InChI=1S/C11H14Cl2N2OS/c1-7(16-2)6-14-11(17)15-8-3-4-9(12)10(13)5-8/h3-5,7H,6H2,1-2H3,(H2,14,15,17). The second-order valence-electron chi connectivity index (χ2n) is 3.51. The normalized spacial score (nSPS) is 12.0. The fraction of sp³-hybridized carbons (Fsp3) is 0.364. The number of ether oxygens (including phenoxy) is 1. The number of hydrogen-bond acceptors (Lipinski definition) is 2. The summed E-state index contributed by atoms with van der Waals surface area (Å²) in [6, 6.07) is 5.24. The van der Waals surface area contributed by atoms with E-state index in [-0.39, 0.29) is 6.10 Å². The van der Waals surface area contributed by atoms with Crippen molar-refractivity contribution in [3.63, 3.8) is 0 Å². The fourth-order valence-corrected chi connectivity index (χ4v) is 1.57. The van der Waals surface area contributed by atoms with E-state index in [1.165, 1.54) is 0 Å². The van der Waals surface area contributed by atoms with Gasteiger partial charge in [0.25, 0.3) is 0 Å². The van der Waals surface area contributed by atoms with Crippen LogP contribution in [0.1, 0.15) is 6.92 Å². The lowest BCUT2D eigenvalue weighted by atomic mass is 10.3. The largest absolute Gasteiger partial charge is 0.380 e. The minimum absolute atomic E-state index is 0.101. The Morgan fingerprint density at radius 1 is 1.41 bits per heavy atom. The molecule has 3 nitrogen and oxygen atoms in total. The van der Waals surface area contributed by atoms with Crippen LogP contribution in [-0.2, 0) is 4.74 Å². The number of methoxy groups -OCH3 is 1. The number of thiocarbonyl (C=S) groups is 1. The van der Waals surface area contributed by atoms with E-state index in [0.717, 1.165) is 5.69 Å². The first-order valence-electron chi connectivity index (χ1n) is 5.05. The van der Waals surface area contributed by atoms with Crippen LogP contribution in [0.4, 0.5) is 5.69 Å². The zero-order valence-electron chi connectivity index (χ0n) is 9.59. The molecule has 0 aliphatic rings. The minimum Gasteiger partial charge on any atom is -0.380 e. The quantitative estimate of drug-likeness (QED) is 0.834. The van der Waals surface area contributed by atoms with Crippen molar-refractivity contribution < 1.29 is 4.74 Å². The molecule has 1 rings (SSSR count). The summed E-state index contributed by atoms with van der Waals surface area (Å²) >= 11 is 16.8. The molecular weight excluding hydrogens is 279 g/mol. The van der Waals surface area contributed by atoms with Gasteiger partial charge < -0.3 is 15.4 Å². The van der Waals surface area contributed by atoms with Crippen molar-refractivity contribution in [1.82, 2.24) is 5.32 Å². The third kappa shape index (κ3) is 5.08. The molecule has 0 aromatic heterocycles. The van der Waals surface area contributed by atoms with Crippen molar-refractivity contribution in [2.24, 2.45) is 0 Å². The van der Waals surface area contributed by atoms with Gasteiger partial charge in [0.2, 0.25) is 0 Å². The Balaban J connectivity index is 2.48. The maximum Gasteiger partial charge on any atom is 0.170 e. The summed E-state index contributed by atoms with van der Waals surface area (Å²) in [5.74, 6) is 0. The zero-order chi connectivity index (χ0) is 12.8. The summed E-state index contributed by atoms with van der Waals surface area (Å²) in [5, 5.41) is 7.58. The molecule has 1 aromatic carbocycles. The van der Waals surface area contributed by atoms with Crippen molar-refractivity contribution in [3.8, 4) is 0 Å². The molecule has 17 heavy (non-hydrogen) atoms. The molecule has 94 valence electrons. The highest BCUT2D eigenvalue weighted by molar-refractivity contribution is 7.80. The maximum atomic E-state index is 5.89. The summed E-state index contributed by atoms with van der Waals surface area (Å²) in [6.07, 6.45) is 0.101. The predicted octanol–water partition coefficient (Wildman–Crippen LogP) is 3.31. The van der Waals surface area contributed by atoms with Crippen molar-refractivity contribution in [3.05, 3.63) is 28.2 Å². The highest BCUT2D eigenvalue weighted by atomic mass is 35.5. The molecule has 0 fully saturated rings. The van der Waals surface area contributed by atoms with Crippen LogP contribution in [0, 0.1) is 0 Å². The summed E-state index contributed by atoms with van der Waals surface area (Å²) in [7, 11) is 1.65. The molecular formula is C11H14Cl2N2OS. The van der Waals surface area contributed by atoms with Gasteiger partial charge in [-0.3, -0.25) is 0 Å². The first kappa shape index (κ1) is 14.5. The lowest BCUT2D eigenvalue weighted by Gasteiger charge is -2.14. The first-order chi connectivity index (χ1) is 8.02. The van der Waals surface area contributed by atoms with Crippen LogP contribution in [-0.4, -0.2) is 24.9 Å². The summed E-state index contributed by atoms with van der Waals surface area (Å²) < 4.78 is 5.10. The van der Waals surface area contributed by atoms with E-state index in [9.17, 15) is 0 Å². The lowest BCUT2D eigenvalue weighted by Crippen LogP contribution is -2.34. The highest BCUT2D eigenvalue weighted by Crippen LogP contribution is 2.24. The van der Waals surface area contributed by atoms with Gasteiger partial charge in [0.05, 0.1) is 16.1 Å². The van der Waals surface area contributed by atoms with Crippen molar-refractivity contribution in [2.75, 3.05) is 19.0 Å². The van der Waals surface area contributed by atoms with Crippen molar-refractivity contribution >= 4 is 46.2 Å². The molecule has 1 aromatic rings. The van der Waals surface area contributed by atoms with Crippen LogP contribution < -0.4 is 10.6 Å². The molecule has 2 N–H and O–H groups in total. The van der Waals surface area contributed by atoms with Gasteiger partial charge in [0.15, 0.2) is 5.11 Å². The van der Waals surface area contributed by atoms with Crippen LogP contribution in [0.15, 0.2) is 18.2 Å². The van der Waals surface area contributed by atoms with Gasteiger partial charge >= 0.3 is 0 Å². The van der Waals surface area contributed by atoms with Gasteiger partial charge in [-0.2, -0.15) is 0 Å². The van der Waals surface area contributed by atoms with E-state index >= 15 is 0 Å². The van der Waals surface area contributed by atoms with Crippen molar-refractivity contribution in [2.45, 2.75) is 13.0 Å². The van der Waals surface area contributed by atoms with Crippen LogP contribution in [0.5, 0.6) is 0 Å². The number of hydrogen-bond donors (Lipinski definition) is 2. The van der Waals surface area contributed by atoms with Crippen LogP contribution in [0.3, 0.4) is 0 Å². The second-order valence-corrected chi connectivity index (χ2v) is 4.73. The Morgan fingerprint density at radius 3 is 2.71 bits per heavy atom. The topological polar surface area (TPSA) is 33.3 Å². The number of halogens is 2. The molecule has 1 atom stereocenters. The molecule has 0 heterocycles. The Bertz CT molecular complexity index is 401. The minimum atomic E-state index is 0.101. The monoisotopic (exact) mass is 292 g/mol. The SMILES string of the molecule is COC(C)CNC(=S)Nc1ccc(Cl)c(Cl)c1. The van der Waals surface area contributed by atoms with Gasteiger partial charge in [0.1, 0.15) is 0 Å². The first-order valence-corrected chi connectivity index (χ1v) is 6.22. The molecule has 6 heteroatoms. The molecule has 0 amide bonds. The Kier molecular flexibility index (Phi) is 5.98. The number of anilines is 1. The average molecular weight is 293 g/mol. The Hall–Kier alpha value is -0.550. The van der Waals surface area contributed by atoms with Crippen LogP contribution in [0.2, 0.25) is 10.0 Å². The summed E-state index contributed by atoms with van der Waals surface area (Å²) in [6.45, 7) is 2.60. The molecule has 0 aliphatic heterocycles. The predicted molar refractivity (Wildman–Crippen MR) is 77.2 cm³/mol. The van der Waals surface area contributed by atoms with Gasteiger partial charge in [-0.05, 0) is 37.3 Å². The third-order valence-corrected chi connectivity index (χ3v) is 3.12. The zero-order valence-corrected chi connectivity index (χ0v) is 11.9. The van der Waals surface area contributed by atoms with E-state index in [0.29, 0.717) is 21.7 Å². The number of rotatable bonds is 4. The van der Waals surface area contributed by atoms with Crippen LogP contribution >= 0.6 is 35.4 Å². The molecule has 0 saturated carbocycles. The lowest BCUT2D eigenvalue weighted by molar-refractivity contribution is 0.121. The summed E-state index contributed by atoms with van der Waals surface area (Å²) in [4.78, 5) is 0. The van der Waals surface area contributed by atoms with Gasteiger partial charge in [-0.15, -0.1) is 0 Å². The smallest absolute Gasteiger partial charge is 0.170 e. The molecule has 0 aliphatic carbocycles. The molecule has 0 saturated heterocycles. The molecule has 1 unspecified atom stereocenters. The molecule has 0 bridgehead atoms. The molecule has 0 spiro atoms. The highest BCUT2D eigenvalue weighted by Gasteiger charge is 2.03. The van der Waals surface area contributed by atoms with E-state index in [2.05, 4.69) is 10.6 Å². The van der Waals surface area contributed by atoms with Crippen LogP contribution in [0.25, 0.3) is 0 Å². The van der Waals surface area contributed by atoms with E-state index in [1.54, 1.807) is 19.2 Å². The average Bonchev–Trinajstić information content (AvgIpc) is 2.31. The second kappa shape index (κ2) is 7.01. The molecule has 0 radical (unpaired) electrons.